The molecule has 1 heterocycles. The molecule has 2 aromatic rings. The van der Waals surface area contributed by atoms with Gasteiger partial charge < -0.3 is 16.0 Å². The van der Waals surface area contributed by atoms with Crippen LogP contribution in [-0.4, -0.2) is 30.6 Å². The molecule has 3 heteroatoms. The molecule has 0 spiro atoms. The highest BCUT2D eigenvalue weighted by Gasteiger charge is 2.14. The first-order chi connectivity index (χ1) is 12.3. The zero-order valence-electron chi connectivity index (χ0n) is 15.5. The van der Waals surface area contributed by atoms with Gasteiger partial charge in [0, 0.05) is 19.1 Å². The van der Waals surface area contributed by atoms with Crippen molar-refractivity contribution in [1.29, 1.82) is 0 Å². The number of rotatable bonds is 6. The first kappa shape index (κ1) is 19.6. The Balaban J connectivity index is 0.000000196. The summed E-state index contributed by atoms with van der Waals surface area (Å²) in [6.45, 7) is 7.77. The van der Waals surface area contributed by atoms with Gasteiger partial charge in [-0.05, 0) is 50.0 Å². The second-order valence-electron chi connectivity index (χ2n) is 6.75. The maximum Gasteiger partial charge on any atom is 0.0208 e. The highest BCUT2D eigenvalue weighted by atomic mass is 15.1. The predicted molar refractivity (Wildman–Crippen MR) is 107 cm³/mol. The Kier molecular flexibility index (Phi) is 9.27. The quantitative estimate of drug-likeness (QED) is 0.841. The van der Waals surface area contributed by atoms with Crippen LogP contribution >= 0.6 is 0 Å². The fraction of sp³-hybridized carbons (Fsp3) is 0.455. The van der Waals surface area contributed by atoms with E-state index in [4.69, 9.17) is 5.73 Å². The lowest BCUT2D eigenvalue weighted by atomic mass is 10.1. The van der Waals surface area contributed by atoms with Gasteiger partial charge in [-0.1, -0.05) is 67.6 Å². The van der Waals surface area contributed by atoms with Gasteiger partial charge in [0.2, 0.25) is 0 Å². The molecule has 1 aliphatic heterocycles. The molecule has 136 valence electrons. The van der Waals surface area contributed by atoms with E-state index in [9.17, 15) is 0 Å². The maximum atomic E-state index is 5.77. The van der Waals surface area contributed by atoms with Gasteiger partial charge in [-0.2, -0.15) is 0 Å². The van der Waals surface area contributed by atoms with Crippen molar-refractivity contribution >= 4 is 0 Å². The van der Waals surface area contributed by atoms with Gasteiger partial charge in [-0.25, -0.2) is 0 Å². The predicted octanol–water partition coefficient (Wildman–Crippen LogP) is 3.80. The highest BCUT2D eigenvalue weighted by Crippen LogP contribution is 2.07. The molecule has 3 nitrogen and oxygen atoms in total. The average Bonchev–Trinajstić information content (AvgIpc) is 2.66. The van der Waals surface area contributed by atoms with E-state index in [1.807, 2.05) is 12.1 Å². The molecule has 0 aliphatic carbocycles. The van der Waals surface area contributed by atoms with Crippen LogP contribution in [0.1, 0.15) is 37.3 Å². The average molecular weight is 340 g/mol. The monoisotopic (exact) mass is 339 g/mol. The number of hydrogen-bond acceptors (Lipinski definition) is 3. The van der Waals surface area contributed by atoms with E-state index in [-0.39, 0.29) is 0 Å². The molecular formula is C22H33N3. The maximum absolute atomic E-state index is 5.77. The molecule has 1 aliphatic rings. The zero-order valence-corrected chi connectivity index (χ0v) is 15.5. The van der Waals surface area contributed by atoms with E-state index < -0.39 is 0 Å². The van der Waals surface area contributed by atoms with Crippen LogP contribution in [0.2, 0.25) is 0 Å². The van der Waals surface area contributed by atoms with E-state index in [2.05, 4.69) is 65.7 Å². The van der Waals surface area contributed by atoms with Crippen molar-refractivity contribution in [3.05, 3.63) is 71.8 Å². The van der Waals surface area contributed by atoms with Crippen LogP contribution in [-0.2, 0) is 13.1 Å². The summed E-state index contributed by atoms with van der Waals surface area (Å²) < 4.78 is 0. The summed E-state index contributed by atoms with van der Waals surface area (Å²) in [5.74, 6) is 0. The first-order valence-electron chi connectivity index (χ1n) is 9.54. The van der Waals surface area contributed by atoms with Gasteiger partial charge in [0.15, 0.2) is 0 Å². The van der Waals surface area contributed by atoms with Crippen LogP contribution in [0.5, 0.6) is 0 Å². The molecule has 0 saturated carbocycles. The zero-order chi connectivity index (χ0) is 17.7. The number of piperidine rings is 1. The van der Waals surface area contributed by atoms with Crippen molar-refractivity contribution in [2.75, 3.05) is 19.6 Å². The number of nitrogens with one attached hydrogen (secondary N) is 1. The van der Waals surface area contributed by atoms with Crippen LogP contribution in [0.25, 0.3) is 0 Å². The lowest BCUT2D eigenvalue weighted by Gasteiger charge is -2.29. The summed E-state index contributed by atoms with van der Waals surface area (Å²) >= 11 is 0. The van der Waals surface area contributed by atoms with Crippen molar-refractivity contribution in [3.8, 4) is 0 Å². The highest BCUT2D eigenvalue weighted by molar-refractivity contribution is 5.16. The molecule has 2 aromatic carbocycles. The van der Waals surface area contributed by atoms with Gasteiger partial charge in [0.1, 0.15) is 0 Å². The Hall–Kier alpha value is -1.68. The Morgan fingerprint density at radius 1 is 0.880 bits per heavy atom. The summed E-state index contributed by atoms with van der Waals surface area (Å²) in [4.78, 5) is 2.50. The molecule has 1 saturated heterocycles. The molecule has 0 radical (unpaired) electrons. The summed E-state index contributed by atoms with van der Waals surface area (Å²) in [6, 6.07) is 21.4. The molecule has 1 fully saturated rings. The van der Waals surface area contributed by atoms with Crippen LogP contribution in [0.15, 0.2) is 60.7 Å². The van der Waals surface area contributed by atoms with Gasteiger partial charge in [0.25, 0.3) is 0 Å². The fourth-order valence-corrected chi connectivity index (χ4v) is 3.04. The molecule has 0 bridgehead atoms. The van der Waals surface area contributed by atoms with Crippen molar-refractivity contribution < 1.29 is 0 Å². The van der Waals surface area contributed by atoms with E-state index in [1.165, 1.54) is 50.0 Å². The van der Waals surface area contributed by atoms with Crippen molar-refractivity contribution in [3.63, 3.8) is 0 Å². The minimum atomic E-state index is 0.480. The third-order valence-electron chi connectivity index (χ3n) is 4.52. The van der Waals surface area contributed by atoms with Crippen LogP contribution in [0.4, 0.5) is 0 Å². The number of hydrogen-bond donors (Lipinski definition) is 2. The molecule has 0 amide bonds. The third kappa shape index (κ3) is 8.30. The first-order valence-corrected chi connectivity index (χ1v) is 9.54. The Labute approximate surface area is 153 Å². The Morgan fingerprint density at radius 2 is 1.36 bits per heavy atom. The smallest absolute Gasteiger partial charge is 0.0208 e. The molecule has 0 aromatic heterocycles. The van der Waals surface area contributed by atoms with Gasteiger partial charge >= 0.3 is 0 Å². The Morgan fingerprint density at radius 3 is 1.80 bits per heavy atom. The summed E-state index contributed by atoms with van der Waals surface area (Å²) in [5, 5.41) is 3.42. The second kappa shape index (κ2) is 11.8. The van der Waals surface area contributed by atoms with Crippen molar-refractivity contribution in [1.82, 2.24) is 10.2 Å². The number of benzene rings is 2. The summed E-state index contributed by atoms with van der Waals surface area (Å²) in [7, 11) is 0. The molecular weight excluding hydrogens is 306 g/mol. The minimum absolute atomic E-state index is 0.480. The standard InChI is InChI=1S/C14H15N.C8H18N2/c1-3-7-13(8-4-1)11-15-12-14-9-5-2-6-10-14;1-2-5-10-6-3-8(9)4-7-10/h1-10,15H,11-12H2;8H,2-7,9H2,1H3. The van der Waals surface area contributed by atoms with Crippen LogP contribution < -0.4 is 11.1 Å². The number of nitrogens with two attached hydrogens (primary N) is 1. The van der Waals surface area contributed by atoms with Crippen molar-refractivity contribution in [2.45, 2.75) is 45.3 Å². The fourth-order valence-electron chi connectivity index (χ4n) is 3.04. The van der Waals surface area contributed by atoms with Crippen LogP contribution in [0.3, 0.4) is 0 Å². The molecule has 0 unspecified atom stereocenters. The molecule has 25 heavy (non-hydrogen) atoms. The van der Waals surface area contributed by atoms with E-state index >= 15 is 0 Å². The number of nitrogens with zero attached hydrogens (tertiary/aromatic N) is 1. The summed E-state index contributed by atoms with van der Waals surface area (Å²) in [5.41, 5.74) is 8.42. The van der Waals surface area contributed by atoms with E-state index in [1.54, 1.807) is 0 Å². The largest absolute Gasteiger partial charge is 0.328 e. The normalized spacial score (nSPS) is 15.4. The second-order valence-corrected chi connectivity index (χ2v) is 6.75. The summed E-state index contributed by atoms with van der Waals surface area (Å²) in [6.07, 6.45) is 3.66. The molecule has 3 N–H and O–H groups in total. The SMILES string of the molecule is CCCN1CCC(N)CC1.c1ccc(CNCc2ccccc2)cc1. The lowest BCUT2D eigenvalue weighted by molar-refractivity contribution is 0.214. The van der Waals surface area contributed by atoms with Crippen LogP contribution in [0, 0.1) is 0 Å². The minimum Gasteiger partial charge on any atom is -0.328 e. The lowest BCUT2D eigenvalue weighted by Crippen LogP contribution is -2.39. The van der Waals surface area contributed by atoms with Gasteiger partial charge in [-0.3, -0.25) is 0 Å². The van der Waals surface area contributed by atoms with Gasteiger partial charge in [0.05, 0.1) is 0 Å². The number of likely N-dealkylation sites (tertiary alicyclic amines) is 1. The van der Waals surface area contributed by atoms with Crippen molar-refractivity contribution in [2.24, 2.45) is 5.73 Å². The molecule has 0 atom stereocenters. The Bertz CT molecular complexity index is 508. The third-order valence-corrected chi connectivity index (χ3v) is 4.52. The van der Waals surface area contributed by atoms with Gasteiger partial charge in [-0.15, -0.1) is 0 Å². The topological polar surface area (TPSA) is 41.3 Å². The van der Waals surface area contributed by atoms with E-state index in [0.29, 0.717) is 6.04 Å². The molecule has 3 rings (SSSR count). The van der Waals surface area contributed by atoms with E-state index in [0.717, 1.165) is 13.1 Å².